The Morgan fingerprint density at radius 2 is 2.14 bits per heavy atom. The molecule has 1 fully saturated rings. The van der Waals surface area contributed by atoms with Crippen molar-refractivity contribution in [3.63, 3.8) is 0 Å². The second-order valence-corrected chi connectivity index (χ2v) is 8.67. The number of pyridine rings is 1. The number of thioether (sulfide) groups is 1. The van der Waals surface area contributed by atoms with Crippen LogP contribution < -0.4 is 5.32 Å². The summed E-state index contributed by atoms with van der Waals surface area (Å²) in [6.07, 6.45) is 1.80. The van der Waals surface area contributed by atoms with Crippen molar-refractivity contribution >= 4 is 46.5 Å². The zero-order valence-electron chi connectivity index (χ0n) is 15.2. The maximum atomic E-state index is 12.7. The van der Waals surface area contributed by atoms with Crippen LogP contribution in [0.3, 0.4) is 0 Å². The molecule has 0 saturated carbocycles. The van der Waals surface area contributed by atoms with E-state index < -0.39 is 23.3 Å². The fraction of sp³-hybridized carbons (Fsp3) is 0.200. The first-order chi connectivity index (χ1) is 14.0. The van der Waals surface area contributed by atoms with Crippen molar-refractivity contribution in [2.24, 2.45) is 0 Å². The summed E-state index contributed by atoms with van der Waals surface area (Å²) in [5, 5.41) is 14.0. The molecule has 148 valence electrons. The zero-order valence-corrected chi connectivity index (χ0v) is 16.8. The summed E-state index contributed by atoms with van der Waals surface area (Å²) in [5.41, 5.74) is 1.42. The topological polar surface area (TPSA) is 99.6 Å². The molecule has 2 N–H and O–H groups in total. The molecule has 29 heavy (non-hydrogen) atoms. The lowest BCUT2D eigenvalue weighted by Crippen LogP contribution is -2.70. The molecule has 0 radical (unpaired) electrons. The molecule has 0 bridgehead atoms. The Labute approximate surface area is 175 Å². The Morgan fingerprint density at radius 1 is 1.31 bits per heavy atom. The number of nitrogens with zero attached hydrogens (tertiary/aromatic N) is 2. The van der Waals surface area contributed by atoms with Gasteiger partial charge >= 0.3 is 5.97 Å². The van der Waals surface area contributed by atoms with Gasteiger partial charge < -0.3 is 10.4 Å². The minimum absolute atomic E-state index is 0.0850. The number of aromatic nitrogens is 1. The smallest absolute Gasteiger partial charge is 0.352 e. The summed E-state index contributed by atoms with van der Waals surface area (Å²) in [6.45, 7) is 4.00. The summed E-state index contributed by atoms with van der Waals surface area (Å²) >= 11 is 2.88. The van der Waals surface area contributed by atoms with Gasteiger partial charge in [0.15, 0.2) is 0 Å². The van der Waals surface area contributed by atoms with Crippen LogP contribution in [0.4, 0.5) is 0 Å². The highest BCUT2D eigenvalue weighted by Gasteiger charge is 2.54. The minimum Gasteiger partial charge on any atom is -0.477 e. The highest BCUT2D eigenvalue weighted by atomic mass is 32.2. The van der Waals surface area contributed by atoms with Gasteiger partial charge in [-0.25, -0.2) is 4.79 Å². The van der Waals surface area contributed by atoms with Crippen LogP contribution in [0.15, 0.2) is 59.8 Å². The van der Waals surface area contributed by atoms with E-state index in [-0.39, 0.29) is 18.0 Å². The summed E-state index contributed by atoms with van der Waals surface area (Å²) < 4.78 is 0. The van der Waals surface area contributed by atoms with E-state index in [1.165, 1.54) is 28.0 Å². The normalized spacial score (nSPS) is 20.7. The number of carbonyl (C=O) groups is 3. The molecule has 4 heterocycles. The van der Waals surface area contributed by atoms with Gasteiger partial charge in [0.1, 0.15) is 17.1 Å². The minimum atomic E-state index is -1.20. The van der Waals surface area contributed by atoms with Gasteiger partial charge in [0.2, 0.25) is 5.91 Å². The van der Waals surface area contributed by atoms with Gasteiger partial charge in [-0.3, -0.25) is 19.5 Å². The number of aliphatic carboxylic acids is 1. The lowest BCUT2D eigenvalue weighted by molar-refractivity contribution is -0.150. The Kier molecular flexibility index (Phi) is 5.25. The lowest BCUT2D eigenvalue weighted by Gasteiger charge is -2.49. The summed E-state index contributed by atoms with van der Waals surface area (Å²) in [5.74, 6) is -1.51. The fourth-order valence-corrected chi connectivity index (χ4v) is 5.43. The van der Waals surface area contributed by atoms with Gasteiger partial charge in [0.25, 0.3) is 5.91 Å². The summed E-state index contributed by atoms with van der Waals surface area (Å²) in [7, 11) is 0. The number of nitrogens with one attached hydrogen (secondary N) is 1. The highest BCUT2D eigenvalue weighted by Crippen LogP contribution is 2.43. The molecule has 1 saturated heterocycles. The van der Waals surface area contributed by atoms with Gasteiger partial charge in [-0.1, -0.05) is 18.7 Å². The van der Waals surface area contributed by atoms with Crippen molar-refractivity contribution in [1.29, 1.82) is 0 Å². The third-order valence-corrected chi connectivity index (χ3v) is 6.90. The monoisotopic (exact) mass is 427 g/mol. The average Bonchev–Trinajstić information content (AvgIpc) is 3.23. The Morgan fingerprint density at radius 3 is 2.79 bits per heavy atom. The van der Waals surface area contributed by atoms with Crippen LogP contribution >= 0.6 is 23.1 Å². The van der Waals surface area contributed by atoms with E-state index in [9.17, 15) is 19.5 Å². The van der Waals surface area contributed by atoms with Crippen LogP contribution in [0.2, 0.25) is 0 Å². The molecule has 4 rings (SSSR count). The molecule has 2 atom stereocenters. The molecule has 0 aromatic carbocycles. The van der Waals surface area contributed by atoms with Gasteiger partial charge in [-0.15, -0.1) is 23.1 Å². The van der Waals surface area contributed by atoms with Gasteiger partial charge in [0, 0.05) is 22.4 Å². The second kappa shape index (κ2) is 7.84. The molecular formula is C20H17N3O4S2. The Hall–Kier alpha value is -2.91. The third-order valence-electron chi connectivity index (χ3n) is 4.74. The van der Waals surface area contributed by atoms with Gasteiger partial charge in [0.05, 0.1) is 12.1 Å². The van der Waals surface area contributed by atoms with Crippen LogP contribution in [0, 0.1) is 0 Å². The van der Waals surface area contributed by atoms with E-state index in [2.05, 4.69) is 16.9 Å². The van der Waals surface area contributed by atoms with Crippen molar-refractivity contribution < 1.29 is 19.5 Å². The fourth-order valence-electron chi connectivity index (χ4n) is 3.34. The number of hydrogen-bond acceptors (Lipinski definition) is 6. The predicted molar refractivity (Wildman–Crippen MR) is 111 cm³/mol. The third kappa shape index (κ3) is 3.58. The van der Waals surface area contributed by atoms with Crippen LogP contribution in [0.25, 0.3) is 5.57 Å². The van der Waals surface area contributed by atoms with Gasteiger partial charge in [-0.05, 0) is 29.2 Å². The number of fused-ring (bicyclic) bond motifs is 1. The van der Waals surface area contributed by atoms with E-state index in [0.717, 1.165) is 4.88 Å². The molecule has 7 nitrogen and oxygen atoms in total. The first kappa shape index (κ1) is 19.4. The number of hydrogen-bond donors (Lipinski definition) is 2. The molecule has 0 spiro atoms. The van der Waals surface area contributed by atoms with Crippen molar-refractivity contribution in [2.75, 3.05) is 5.75 Å². The highest BCUT2D eigenvalue weighted by molar-refractivity contribution is 8.00. The number of rotatable bonds is 6. The van der Waals surface area contributed by atoms with E-state index in [4.69, 9.17) is 0 Å². The molecule has 2 aliphatic rings. The molecule has 2 aliphatic heterocycles. The standard InChI is InChI=1S/C20H17N3O4S2/c1-11(14-6-2-3-7-21-14)13-10-29-19-16(18(25)23(19)17(13)20(26)27)22-15(24)9-12-5-4-8-28-12/h2-8,16,19H,1,9-10H2,(H,22,24)(H,26,27)/t16?,19-/m0/s1. The van der Waals surface area contributed by atoms with Crippen LogP contribution in [0.1, 0.15) is 10.6 Å². The average molecular weight is 428 g/mol. The number of β-lactam (4-membered cyclic amide) rings is 1. The molecule has 9 heteroatoms. The van der Waals surface area contributed by atoms with Crippen LogP contribution in [-0.4, -0.2) is 49.9 Å². The molecular weight excluding hydrogens is 410 g/mol. The summed E-state index contributed by atoms with van der Waals surface area (Å²) in [4.78, 5) is 43.3. The SMILES string of the molecule is C=C(C1=C(C(=O)O)N2C(=O)C(NC(=O)Cc3cccs3)[C@@H]2SC1)c1ccccn1. The zero-order chi connectivity index (χ0) is 20.5. The maximum Gasteiger partial charge on any atom is 0.352 e. The number of carboxylic acid groups (broad SMARTS) is 1. The van der Waals surface area contributed by atoms with E-state index >= 15 is 0 Å². The van der Waals surface area contributed by atoms with E-state index in [1.54, 1.807) is 24.4 Å². The first-order valence-corrected chi connectivity index (χ1v) is 10.7. The number of amides is 2. The second-order valence-electron chi connectivity index (χ2n) is 6.54. The Bertz CT molecular complexity index is 1020. The number of carbonyl (C=O) groups excluding carboxylic acids is 2. The number of carboxylic acids is 1. The van der Waals surface area contributed by atoms with Crippen LogP contribution in [0.5, 0.6) is 0 Å². The van der Waals surface area contributed by atoms with Crippen LogP contribution in [-0.2, 0) is 20.8 Å². The van der Waals surface area contributed by atoms with Gasteiger partial charge in [-0.2, -0.15) is 0 Å². The number of thiophene rings is 1. The maximum absolute atomic E-state index is 12.7. The first-order valence-electron chi connectivity index (χ1n) is 8.81. The molecule has 2 aromatic rings. The molecule has 2 amide bonds. The van der Waals surface area contributed by atoms with Crippen molar-refractivity contribution in [1.82, 2.24) is 15.2 Å². The summed E-state index contributed by atoms with van der Waals surface area (Å²) in [6, 6.07) is 8.29. The Balaban J connectivity index is 1.54. The molecule has 0 aliphatic carbocycles. The predicted octanol–water partition coefficient (Wildman–Crippen LogP) is 2.14. The molecule has 2 aromatic heterocycles. The van der Waals surface area contributed by atoms with Crippen molar-refractivity contribution in [2.45, 2.75) is 17.8 Å². The van der Waals surface area contributed by atoms with E-state index in [0.29, 0.717) is 22.6 Å². The quantitative estimate of drug-likeness (QED) is 0.686. The van der Waals surface area contributed by atoms with Crippen molar-refractivity contribution in [3.8, 4) is 0 Å². The largest absolute Gasteiger partial charge is 0.477 e. The van der Waals surface area contributed by atoms with E-state index in [1.807, 2.05) is 17.5 Å². The molecule has 1 unspecified atom stereocenters. The number of allylic oxidation sites excluding steroid dienone is 1. The van der Waals surface area contributed by atoms with Crippen molar-refractivity contribution in [3.05, 3.63) is 70.3 Å². The lowest BCUT2D eigenvalue weighted by atomic mass is 9.97.